The predicted octanol–water partition coefficient (Wildman–Crippen LogP) is 37.4. The molecule has 0 saturated heterocycles. The fourth-order valence-electron chi connectivity index (χ4n) is 14.7. The van der Waals surface area contributed by atoms with Crippen molar-refractivity contribution in [3.8, 4) is 24.3 Å². The van der Waals surface area contributed by atoms with Crippen LogP contribution in [-0.2, 0) is 89.5 Å². The zero-order valence-corrected chi connectivity index (χ0v) is 91.2. The Morgan fingerprint density at radius 1 is 0.221 bits per heavy atom. The fourth-order valence-corrected chi connectivity index (χ4v) is 14.7. The summed E-state index contributed by atoms with van der Waals surface area (Å²) in [6.07, 6.45) is 13.3. The van der Waals surface area contributed by atoms with Crippen molar-refractivity contribution in [3.05, 3.63) is 303 Å². The van der Waals surface area contributed by atoms with Crippen molar-refractivity contribution < 1.29 is 89.5 Å². The van der Waals surface area contributed by atoms with Gasteiger partial charge in [-0.25, -0.2) is 0 Å². The van der Waals surface area contributed by atoms with Crippen molar-refractivity contribution in [3.63, 3.8) is 0 Å². The van der Waals surface area contributed by atoms with Gasteiger partial charge in [-0.3, -0.25) is 20.0 Å². The molecule has 0 unspecified atom stereocenters. The summed E-state index contributed by atoms with van der Waals surface area (Å²) in [5.74, 6) is 5.73. The molecule has 8 rings (SSSR count). The summed E-state index contributed by atoms with van der Waals surface area (Å²) in [4.78, 5) is 19.1. The minimum absolute atomic E-state index is 0. The van der Waals surface area contributed by atoms with Crippen molar-refractivity contribution in [1.82, 2.24) is 0 Å². The van der Waals surface area contributed by atoms with Gasteiger partial charge in [0, 0.05) is 47.2 Å². The van der Waals surface area contributed by atoms with Gasteiger partial charge >= 0.3 is 89.5 Å². The van der Waals surface area contributed by atoms with Gasteiger partial charge in [0.1, 0.15) is 0 Å². The topological polar surface area (TPSA) is 201 Å². The number of hydrogen-bond acceptors (Lipinski definition) is 8. The van der Waals surface area contributed by atoms with Gasteiger partial charge in [0.05, 0.1) is 52.4 Å². The van der Waals surface area contributed by atoms with Crippen molar-refractivity contribution in [2.75, 3.05) is 5.34 Å². The predicted molar refractivity (Wildman–Crippen MR) is 553 cm³/mol. The van der Waals surface area contributed by atoms with Crippen molar-refractivity contribution in [2.45, 2.75) is 316 Å². The quantitative estimate of drug-likeness (QED) is 0.0175. The summed E-state index contributed by atoms with van der Waals surface area (Å²) < 4.78 is 0. The van der Waals surface area contributed by atoms with E-state index in [-0.39, 0.29) is 94.9 Å². The number of halogens is 2. The maximum absolute atomic E-state index is 9.73. The summed E-state index contributed by atoms with van der Waals surface area (Å²) in [6, 6.07) is 59.7. The van der Waals surface area contributed by atoms with Gasteiger partial charge in [0.25, 0.3) is 0 Å². The Hall–Kier alpha value is -7.90. The molecule has 0 bridgehead atoms. The molecular formula is C113H146Ag4Cl2N12. The third kappa shape index (κ3) is 37.7. The van der Waals surface area contributed by atoms with Gasteiger partial charge in [0.2, 0.25) is 0 Å². The molecule has 18 heteroatoms. The maximum Gasteiger partial charge on any atom is 1.00 e. The van der Waals surface area contributed by atoms with E-state index in [4.69, 9.17) is 64.4 Å². The number of nitriles is 4. The van der Waals surface area contributed by atoms with E-state index in [1.807, 2.05) is 0 Å². The van der Waals surface area contributed by atoms with Gasteiger partial charge in [-0.1, -0.05) is 412 Å². The maximum atomic E-state index is 9.73. The van der Waals surface area contributed by atoms with Crippen LogP contribution in [0.5, 0.6) is 0 Å². The molecule has 0 fully saturated rings. The number of aliphatic imine (C=N–C) groups is 4. The second-order valence-electron chi connectivity index (χ2n) is 37.2. The van der Waals surface area contributed by atoms with Crippen molar-refractivity contribution in [2.24, 2.45) is 20.0 Å². The molecule has 0 N–H and O–H groups in total. The standard InChI is InChI=1S/4C28H36N3.CH2Cl2.4Ag/c4*1-18(2)23-11-9-12-24(19(3)4)27(23)30-16-22(15-29)17-31-28-25(20(5)6)13-10-14-26(28)21(7)8;2-1-3;;;;/h4*9-14,16-21H,1-8H3;1H2;;;;/q4*-1;;4*+1/b4*22-16+,31-17?;;;;;. The average Bonchev–Trinajstić information content (AvgIpc) is 0.829. The van der Waals surface area contributed by atoms with Crippen LogP contribution in [0.4, 0.5) is 45.5 Å². The molecule has 0 radical (unpaired) electrons. The van der Waals surface area contributed by atoms with E-state index in [2.05, 4.69) is 391 Å². The van der Waals surface area contributed by atoms with E-state index in [0.717, 1.165) is 45.5 Å². The normalized spacial score (nSPS) is 11.9. The Balaban J connectivity index is 0.00000168. The SMILES string of the molecule is CC(C)c1cccc(C(C)C)c1N=C/C(C#N)=C/[N-]c1c(C(C)C)cccc1C(C)C.CC(C)c1cccc(C(C)C)c1N=C/C(C#N)=C/[N-]c1c(C(C)C)cccc1C(C)C.CC(C)c1cccc(C(C)C)c1N=C/C(C#N)=C/[N-]c1c(C(C)C)cccc1C(C)C.CC(C)c1cccc(C(C)C)c1N=C/C(C#N)=C/[N-]c1c(C(C)C)cccc1C(C)C.ClCCl.[Ag+].[Ag+].[Ag+].[Ag+]. The number of rotatable bonds is 32. The molecule has 0 heterocycles. The molecule has 0 aromatic heterocycles. The summed E-state index contributed by atoms with van der Waals surface area (Å²) in [7, 11) is 0. The minimum atomic E-state index is 0. The van der Waals surface area contributed by atoms with Crippen LogP contribution in [-0.4, -0.2) is 30.2 Å². The first kappa shape index (κ1) is 123. The first-order valence-corrected chi connectivity index (χ1v) is 46.7. The van der Waals surface area contributed by atoms with Crippen LogP contribution >= 0.6 is 23.2 Å². The monoisotopic (exact) mass is 2170 g/mol. The fraction of sp³-hybridized carbons (Fsp3) is 0.434. The van der Waals surface area contributed by atoms with E-state index in [0.29, 0.717) is 117 Å². The smallest absolute Gasteiger partial charge is 0.663 e. The second kappa shape index (κ2) is 62.6. The second-order valence-corrected chi connectivity index (χ2v) is 38.0. The Labute approximate surface area is 864 Å². The molecule has 8 aromatic rings. The number of alkyl halides is 2. The van der Waals surface area contributed by atoms with Crippen molar-refractivity contribution in [1.29, 1.82) is 21.0 Å². The average molecular weight is 2170 g/mol. The number of hydrogen-bond donors (Lipinski definition) is 0. The third-order valence-electron chi connectivity index (χ3n) is 21.9. The van der Waals surface area contributed by atoms with Crippen LogP contribution < -0.4 is 0 Å². The van der Waals surface area contributed by atoms with Crippen LogP contribution in [0.25, 0.3) is 21.3 Å². The summed E-state index contributed by atoms with van der Waals surface area (Å²) in [5, 5.41) is 58.2. The van der Waals surface area contributed by atoms with Crippen LogP contribution in [0.2, 0.25) is 0 Å². The zero-order valence-electron chi connectivity index (χ0n) is 83.7. The minimum Gasteiger partial charge on any atom is -0.663 e. The van der Waals surface area contributed by atoms with Crippen molar-refractivity contribution >= 4 is 93.6 Å². The molecule has 0 saturated carbocycles. The van der Waals surface area contributed by atoms with E-state index >= 15 is 0 Å². The summed E-state index contributed by atoms with van der Waals surface area (Å²) >= 11 is 9.53. The van der Waals surface area contributed by atoms with E-state index in [1.165, 1.54) is 89.0 Å². The largest absolute Gasteiger partial charge is 1.00 e. The van der Waals surface area contributed by atoms with E-state index in [9.17, 15) is 21.0 Å². The van der Waals surface area contributed by atoms with Gasteiger partial charge < -0.3 is 21.3 Å². The van der Waals surface area contributed by atoms with Crippen LogP contribution in [0.15, 0.2) is 213 Å². The van der Waals surface area contributed by atoms with E-state index < -0.39 is 0 Å². The Morgan fingerprint density at radius 2 is 0.321 bits per heavy atom. The van der Waals surface area contributed by atoms with Crippen LogP contribution in [0.3, 0.4) is 0 Å². The molecule has 0 amide bonds. The van der Waals surface area contributed by atoms with Gasteiger partial charge in [-0.2, -0.15) is 45.8 Å². The molecule has 131 heavy (non-hydrogen) atoms. The number of para-hydroxylation sites is 8. The third-order valence-corrected chi connectivity index (χ3v) is 21.9. The van der Waals surface area contributed by atoms with Crippen LogP contribution in [0, 0.1) is 45.3 Å². The number of allylic oxidation sites excluding steroid dienone is 4. The molecule has 0 spiro atoms. The Kier molecular flexibility index (Phi) is 58.8. The molecule has 0 atom stereocenters. The van der Waals surface area contributed by atoms with E-state index in [1.54, 1.807) is 49.7 Å². The Morgan fingerprint density at radius 3 is 0.412 bits per heavy atom. The molecule has 716 valence electrons. The molecule has 0 aliphatic rings. The zero-order chi connectivity index (χ0) is 95.2. The first-order chi connectivity index (χ1) is 60.1. The van der Waals surface area contributed by atoms with Crippen LogP contribution in [0.1, 0.15) is 405 Å². The molecule has 12 nitrogen and oxygen atoms in total. The van der Waals surface area contributed by atoms with Gasteiger partial charge in [0.15, 0.2) is 0 Å². The summed E-state index contributed by atoms with van der Waals surface area (Å²) in [6.45, 7) is 69.5. The van der Waals surface area contributed by atoms with Gasteiger partial charge in [-0.05, 0) is 139 Å². The molecular weight excluding hydrogens is 2030 g/mol. The number of benzene rings is 8. The van der Waals surface area contributed by atoms with Gasteiger partial charge in [-0.15, -0.1) is 46.0 Å². The summed E-state index contributed by atoms with van der Waals surface area (Å²) in [5.41, 5.74) is 28.7. The molecule has 0 aliphatic heterocycles. The molecule has 0 aliphatic carbocycles. The number of nitrogens with zero attached hydrogens (tertiary/aromatic N) is 12. The Bertz CT molecular complexity index is 4450. The first-order valence-electron chi connectivity index (χ1n) is 45.6. The molecule has 8 aromatic carbocycles.